The number of ether oxygens (including phenoxy) is 1. The number of rotatable bonds is 4. The molecular weight excluding hydrogens is 293 g/mol. The number of carbonyl (C=O) groups is 1. The van der Waals surface area contributed by atoms with Crippen molar-refractivity contribution in [2.24, 2.45) is 0 Å². The predicted octanol–water partition coefficient (Wildman–Crippen LogP) is 2.86. The Bertz CT molecular complexity index is 384. The van der Waals surface area contributed by atoms with Gasteiger partial charge in [-0.05, 0) is 25.1 Å². The van der Waals surface area contributed by atoms with Gasteiger partial charge in [0, 0.05) is 16.4 Å². The lowest BCUT2D eigenvalue weighted by molar-refractivity contribution is 0.0941. The molecule has 0 spiro atoms. The van der Waals surface area contributed by atoms with Crippen molar-refractivity contribution in [2.45, 2.75) is 13.0 Å². The molecule has 3 nitrogen and oxygen atoms in total. The standard InChI is InChI=1S/C11H13BrClNO2/c1-7(6-12)14-11(15)9-5-8(13)3-4-10(9)16-2/h3-5,7H,6H2,1-2H3,(H,14,15). The smallest absolute Gasteiger partial charge is 0.255 e. The first-order valence-electron chi connectivity index (χ1n) is 4.79. The maximum atomic E-state index is 11.9. The van der Waals surface area contributed by atoms with Crippen molar-refractivity contribution in [3.8, 4) is 5.75 Å². The van der Waals surface area contributed by atoms with Gasteiger partial charge in [-0.1, -0.05) is 27.5 Å². The predicted molar refractivity (Wildman–Crippen MR) is 68.7 cm³/mol. The van der Waals surface area contributed by atoms with Crippen LogP contribution in [0.3, 0.4) is 0 Å². The second-order valence-electron chi connectivity index (χ2n) is 3.37. The number of alkyl halides is 1. The molecule has 0 fully saturated rings. The van der Waals surface area contributed by atoms with Gasteiger partial charge in [-0.3, -0.25) is 4.79 Å². The molecule has 16 heavy (non-hydrogen) atoms. The molecule has 0 aliphatic rings. The normalized spacial score (nSPS) is 12.0. The summed E-state index contributed by atoms with van der Waals surface area (Å²) in [6.07, 6.45) is 0. The Balaban J connectivity index is 2.93. The molecule has 1 aromatic rings. The van der Waals surface area contributed by atoms with Crippen LogP contribution in [-0.2, 0) is 0 Å². The third-order valence-electron chi connectivity index (χ3n) is 2.02. The van der Waals surface area contributed by atoms with Crippen LogP contribution in [0.25, 0.3) is 0 Å². The number of carbonyl (C=O) groups excluding carboxylic acids is 1. The van der Waals surface area contributed by atoms with Crippen molar-refractivity contribution in [2.75, 3.05) is 12.4 Å². The van der Waals surface area contributed by atoms with E-state index in [0.29, 0.717) is 21.7 Å². The molecule has 1 amide bonds. The quantitative estimate of drug-likeness (QED) is 0.869. The number of amides is 1. The van der Waals surface area contributed by atoms with Crippen LogP contribution in [0.2, 0.25) is 5.02 Å². The van der Waals surface area contributed by atoms with Crippen LogP contribution >= 0.6 is 27.5 Å². The molecule has 1 aromatic carbocycles. The van der Waals surface area contributed by atoms with Crippen molar-refractivity contribution >= 4 is 33.4 Å². The highest BCUT2D eigenvalue weighted by Crippen LogP contribution is 2.22. The highest BCUT2D eigenvalue weighted by molar-refractivity contribution is 9.09. The lowest BCUT2D eigenvalue weighted by atomic mass is 10.2. The van der Waals surface area contributed by atoms with Gasteiger partial charge in [0.2, 0.25) is 0 Å². The number of hydrogen-bond acceptors (Lipinski definition) is 2. The van der Waals surface area contributed by atoms with E-state index in [-0.39, 0.29) is 11.9 Å². The van der Waals surface area contributed by atoms with Crippen LogP contribution in [0.4, 0.5) is 0 Å². The highest BCUT2D eigenvalue weighted by atomic mass is 79.9. The van der Waals surface area contributed by atoms with Crippen molar-refractivity contribution < 1.29 is 9.53 Å². The number of benzene rings is 1. The summed E-state index contributed by atoms with van der Waals surface area (Å²) < 4.78 is 5.11. The van der Waals surface area contributed by atoms with E-state index in [2.05, 4.69) is 21.2 Å². The summed E-state index contributed by atoms with van der Waals surface area (Å²) in [5, 5.41) is 4.03. The summed E-state index contributed by atoms with van der Waals surface area (Å²) >= 11 is 9.14. The monoisotopic (exact) mass is 305 g/mol. The molecule has 1 atom stereocenters. The van der Waals surface area contributed by atoms with Crippen LogP contribution in [-0.4, -0.2) is 24.4 Å². The van der Waals surface area contributed by atoms with Gasteiger partial charge in [-0.15, -0.1) is 0 Å². The van der Waals surface area contributed by atoms with E-state index >= 15 is 0 Å². The summed E-state index contributed by atoms with van der Waals surface area (Å²) in [4.78, 5) is 11.9. The van der Waals surface area contributed by atoms with E-state index < -0.39 is 0 Å². The molecule has 88 valence electrons. The molecular formula is C11H13BrClNO2. The minimum atomic E-state index is -0.189. The summed E-state index contributed by atoms with van der Waals surface area (Å²) in [7, 11) is 1.52. The zero-order valence-corrected chi connectivity index (χ0v) is 11.4. The van der Waals surface area contributed by atoms with E-state index in [0.717, 1.165) is 0 Å². The lowest BCUT2D eigenvalue weighted by Gasteiger charge is -2.13. The van der Waals surface area contributed by atoms with E-state index in [1.165, 1.54) is 7.11 Å². The first-order valence-corrected chi connectivity index (χ1v) is 6.28. The molecule has 0 aliphatic carbocycles. The van der Waals surface area contributed by atoms with Crippen molar-refractivity contribution in [1.82, 2.24) is 5.32 Å². The molecule has 0 aromatic heterocycles. The Morgan fingerprint density at radius 2 is 2.31 bits per heavy atom. The number of halogens is 2. The minimum Gasteiger partial charge on any atom is -0.496 e. The Kier molecular flexibility index (Phi) is 5.09. The first kappa shape index (κ1) is 13.3. The number of hydrogen-bond donors (Lipinski definition) is 1. The number of nitrogens with one attached hydrogen (secondary N) is 1. The molecule has 0 saturated heterocycles. The third kappa shape index (κ3) is 3.39. The average Bonchev–Trinajstić information content (AvgIpc) is 2.28. The highest BCUT2D eigenvalue weighted by Gasteiger charge is 2.14. The fourth-order valence-corrected chi connectivity index (χ4v) is 1.53. The zero-order chi connectivity index (χ0) is 12.1. The van der Waals surface area contributed by atoms with E-state index in [1.54, 1.807) is 18.2 Å². The summed E-state index contributed by atoms with van der Waals surface area (Å²) in [6, 6.07) is 5.01. The van der Waals surface area contributed by atoms with Crippen LogP contribution in [0.1, 0.15) is 17.3 Å². The Hall–Kier alpha value is -0.740. The first-order chi connectivity index (χ1) is 7.58. The van der Waals surface area contributed by atoms with E-state index in [4.69, 9.17) is 16.3 Å². The van der Waals surface area contributed by atoms with Crippen molar-refractivity contribution in [3.63, 3.8) is 0 Å². The average molecular weight is 307 g/mol. The van der Waals surface area contributed by atoms with Gasteiger partial charge in [0.25, 0.3) is 5.91 Å². The molecule has 0 saturated carbocycles. The van der Waals surface area contributed by atoms with Crippen LogP contribution < -0.4 is 10.1 Å². The topological polar surface area (TPSA) is 38.3 Å². The maximum Gasteiger partial charge on any atom is 0.255 e. The molecule has 0 heterocycles. The van der Waals surface area contributed by atoms with Crippen LogP contribution in [0.15, 0.2) is 18.2 Å². The maximum absolute atomic E-state index is 11.9. The summed E-state index contributed by atoms with van der Waals surface area (Å²) in [5.41, 5.74) is 0.447. The number of methoxy groups -OCH3 is 1. The zero-order valence-electron chi connectivity index (χ0n) is 9.09. The molecule has 1 unspecified atom stereocenters. The van der Waals surface area contributed by atoms with Crippen molar-refractivity contribution in [1.29, 1.82) is 0 Å². The van der Waals surface area contributed by atoms with Gasteiger partial charge in [-0.25, -0.2) is 0 Å². The Morgan fingerprint density at radius 3 is 2.88 bits per heavy atom. The van der Waals surface area contributed by atoms with Crippen LogP contribution in [0.5, 0.6) is 5.75 Å². The second-order valence-corrected chi connectivity index (χ2v) is 4.46. The molecule has 1 N–H and O–H groups in total. The van der Waals surface area contributed by atoms with Crippen molar-refractivity contribution in [3.05, 3.63) is 28.8 Å². The Labute approximate surface area is 108 Å². The largest absolute Gasteiger partial charge is 0.496 e. The van der Waals surface area contributed by atoms with E-state index in [1.807, 2.05) is 6.92 Å². The molecule has 0 bridgehead atoms. The summed E-state index contributed by atoms with van der Waals surface area (Å²) in [5.74, 6) is 0.329. The molecule has 5 heteroatoms. The fraction of sp³-hybridized carbons (Fsp3) is 0.364. The van der Waals surface area contributed by atoms with Gasteiger partial charge < -0.3 is 10.1 Å². The lowest BCUT2D eigenvalue weighted by Crippen LogP contribution is -2.33. The van der Waals surface area contributed by atoms with E-state index in [9.17, 15) is 4.79 Å². The molecule has 1 rings (SSSR count). The molecule has 0 radical (unpaired) electrons. The van der Waals surface area contributed by atoms with Crippen LogP contribution in [0, 0.1) is 0 Å². The summed E-state index contributed by atoms with van der Waals surface area (Å²) in [6.45, 7) is 1.91. The van der Waals surface area contributed by atoms with Gasteiger partial charge in [0.15, 0.2) is 0 Å². The second kappa shape index (κ2) is 6.11. The molecule has 0 aliphatic heterocycles. The fourth-order valence-electron chi connectivity index (χ4n) is 1.20. The minimum absolute atomic E-state index is 0.0520. The Morgan fingerprint density at radius 1 is 1.62 bits per heavy atom. The SMILES string of the molecule is COc1ccc(Cl)cc1C(=O)NC(C)CBr. The van der Waals surface area contributed by atoms with Gasteiger partial charge >= 0.3 is 0 Å². The van der Waals surface area contributed by atoms with Gasteiger partial charge in [-0.2, -0.15) is 0 Å². The van der Waals surface area contributed by atoms with Gasteiger partial charge in [0.1, 0.15) is 5.75 Å². The third-order valence-corrected chi connectivity index (χ3v) is 3.22. The van der Waals surface area contributed by atoms with Gasteiger partial charge in [0.05, 0.1) is 12.7 Å².